The number of carbonyl (C=O) groups is 2. The van der Waals surface area contributed by atoms with Gasteiger partial charge in [-0.15, -0.1) is 0 Å². The Morgan fingerprint density at radius 3 is 2.57 bits per heavy atom. The van der Waals surface area contributed by atoms with E-state index in [2.05, 4.69) is 0 Å². The van der Waals surface area contributed by atoms with Crippen molar-refractivity contribution in [3.05, 3.63) is 29.8 Å². The maximum absolute atomic E-state index is 12.4. The molecule has 0 atom stereocenters. The highest BCUT2D eigenvalue weighted by Gasteiger charge is 2.40. The van der Waals surface area contributed by atoms with E-state index >= 15 is 0 Å². The van der Waals surface area contributed by atoms with Crippen LogP contribution in [-0.4, -0.2) is 48.5 Å². The second-order valence-corrected chi connectivity index (χ2v) is 6.42. The first-order valence-electron chi connectivity index (χ1n) is 8.24. The molecular formula is C18H23NO4. The Kier molecular flexibility index (Phi) is 4.66. The average Bonchev–Trinajstić information content (AvgIpc) is 3.00. The third-order valence-corrected chi connectivity index (χ3v) is 4.74. The smallest absolute Gasteiger partial charge is 0.260 e. The fourth-order valence-electron chi connectivity index (χ4n) is 3.40. The normalized spacial score (nSPS) is 19.8. The highest BCUT2D eigenvalue weighted by Crippen LogP contribution is 2.35. The van der Waals surface area contributed by atoms with Gasteiger partial charge in [0.25, 0.3) is 5.91 Å². The largest absolute Gasteiger partial charge is 0.484 e. The van der Waals surface area contributed by atoms with Crippen molar-refractivity contribution < 1.29 is 19.1 Å². The zero-order valence-electron chi connectivity index (χ0n) is 13.5. The Morgan fingerprint density at radius 1 is 1.22 bits per heavy atom. The first kappa shape index (κ1) is 16.0. The van der Waals surface area contributed by atoms with Gasteiger partial charge in [-0.2, -0.15) is 0 Å². The summed E-state index contributed by atoms with van der Waals surface area (Å²) in [5.41, 5.74) is 0.525. The molecule has 1 saturated carbocycles. The lowest BCUT2D eigenvalue weighted by Gasteiger charge is -2.40. The van der Waals surface area contributed by atoms with Crippen LogP contribution in [0.3, 0.4) is 0 Å². The van der Waals surface area contributed by atoms with Gasteiger partial charge in [-0.25, -0.2) is 0 Å². The van der Waals surface area contributed by atoms with Gasteiger partial charge in [0, 0.05) is 18.7 Å². The maximum atomic E-state index is 12.4. The van der Waals surface area contributed by atoms with Crippen molar-refractivity contribution in [1.82, 2.24) is 4.90 Å². The van der Waals surface area contributed by atoms with E-state index in [0.29, 0.717) is 31.0 Å². The van der Waals surface area contributed by atoms with E-state index in [0.717, 1.165) is 12.8 Å². The molecule has 1 saturated heterocycles. The van der Waals surface area contributed by atoms with Gasteiger partial charge in [0.1, 0.15) is 5.75 Å². The molecule has 0 N–H and O–H groups in total. The van der Waals surface area contributed by atoms with E-state index in [1.165, 1.54) is 19.8 Å². The lowest BCUT2D eigenvalue weighted by atomic mass is 10.00. The van der Waals surface area contributed by atoms with E-state index in [1.807, 2.05) is 4.90 Å². The number of Topliss-reactive ketones (excluding diaryl/α,β-unsaturated/α-hetero) is 1. The minimum atomic E-state index is -0.114. The molecule has 5 heteroatoms. The van der Waals surface area contributed by atoms with Gasteiger partial charge in [0.15, 0.2) is 12.4 Å². The summed E-state index contributed by atoms with van der Waals surface area (Å²) in [6, 6.07) is 6.87. The number of hydrogen-bond acceptors (Lipinski definition) is 4. The van der Waals surface area contributed by atoms with Crippen molar-refractivity contribution in [3.8, 4) is 5.75 Å². The van der Waals surface area contributed by atoms with Crippen molar-refractivity contribution in [2.45, 2.75) is 38.2 Å². The number of morpholine rings is 1. The molecule has 2 fully saturated rings. The van der Waals surface area contributed by atoms with Gasteiger partial charge in [0.2, 0.25) is 0 Å². The van der Waals surface area contributed by atoms with Crippen LogP contribution < -0.4 is 4.74 Å². The van der Waals surface area contributed by atoms with Crippen LogP contribution >= 0.6 is 0 Å². The molecule has 1 amide bonds. The standard InChI is InChI=1S/C18H23NO4/c1-14(20)15-4-6-16(7-5-15)22-12-17(21)19-10-11-23-18(13-19)8-2-3-9-18/h4-7H,2-3,8-13H2,1H3. The number of carbonyl (C=O) groups excluding carboxylic acids is 2. The van der Waals surface area contributed by atoms with Gasteiger partial charge >= 0.3 is 0 Å². The van der Waals surface area contributed by atoms with E-state index in [-0.39, 0.29) is 23.9 Å². The van der Waals surface area contributed by atoms with Gasteiger partial charge in [-0.1, -0.05) is 12.8 Å². The summed E-state index contributed by atoms with van der Waals surface area (Å²) < 4.78 is 11.5. The summed E-state index contributed by atoms with van der Waals surface area (Å²) in [6.07, 6.45) is 4.45. The monoisotopic (exact) mass is 317 g/mol. The molecular weight excluding hydrogens is 294 g/mol. The Morgan fingerprint density at radius 2 is 1.91 bits per heavy atom. The first-order chi connectivity index (χ1) is 11.1. The average molecular weight is 317 g/mol. The van der Waals surface area contributed by atoms with E-state index < -0.39 is 0 Å². The molecule has 1 aromatic rings. The lowest BCUT2D eigenvalue weighted by Crippen LogP contribution is -2.53. The summed E-state index contributed by atoms with van der Waals surface area (Å²) in [5, 5.41) is 0. The Bertz CT molecular complexity index is 575. The van der Waals surface area contributed by atoms with Crippen LogP contribution in [0, 0.1) is 0 Å². The SMILES string of the molecule is CC(=O)c1ccc(OCC(=O)N2CCOC3(CCCC3)C2)cc1. The summed E-state index contributed by atoms with van der Waals surface area (Å²) in [6.45, 7) is 3.47. The van der Waals surface area contributed by atoms with Gasteiger partial charge in [-0.3, -0.25) is 9.59 Å². The summed E-state index contributed by atoms with van der Waals surface area (Å²) in [4.78, 5) is 25.5. The van der Waals surface area contributed by atoms with Crippen LogP contribution in [0.1, 0.15) is 43.0 Å². The van der Waals surface area contributed by atoms with Gasteiger partial charge in [-0.05, 0) is 44.0 Å². The second kappa shape index (κ2) is 6.71. The third-order valence-electron chi connectivity index (χ3n) is 4.74. The molecule has 23 heavy (non-hydrogen) atoms. The number of ether oxygens (including phenoxy) is 2. The van der Waals surface area contributed by atoms with Crippen molar-refractivity contribution in [2.24, 2.45) is 0 Å². The molecule has 124 valence electrons. The second-order valence-electron chi connectivity index (χ2n) is 6.42. The molecule has 3 rings (SSSR count). The Hall–Kier alpha value is -1.88. The number of benzene rings is 1. The minimum Gasteiger partial charge on any atom is -0.484 e. The van der Waals surface area contributed by atoms with Crippen LogP contribution in [0.4, 0.5) is 0 Å². The number of hydrogen-bond donors (Lipinski definition) is 0. The van der Waals surface area contributed by atoms with Crippen LogP contribution in [0.5, 0.6) is 5.75 Å². The number of rotatable bonds is 4. The zero-order chi connectivity index (χ0) is 16.3. The number of amides is 1. The topological polar surface area (TPSA) is 55.8 Å². The van der Waals surface area contributed by atoms with Crippen molar-refractivity contribution >= 4 is 11.7 Å². The Labute approximate surface area is 136 Å². The molecule has 0 radical (unpaired) electrons. The van der Waals surface area contributed by atoms with Crippen LogP contribution in [0.2, 0.25) is 0 Å². The quantitative estimate of drug-likeness (QED) is 0.800. The molecule has 1 aliphatic carbocycles. The van der Waals surface area contributed by atoms with Gasteiger partial charge in [0.05, 0.1) is 12.2 Å². The lowest BCUT2D eigenvalue weighted by molar-refractivity contribution is -0.151. The van der Waals surface area contributed by atoms with Crippen LogP contribution in [0.25, 0.3) is 0 Å². The number of ketones is 1. The summed E-state index contributed by atoms with van der Waals surface area (Å²) in [5.74, 6) is 0.616. The van der Waals surface area contributed by atoms with Crippen molar-refractivity contribution in [1.29, 1.82) is 0 Å². The van der Waals surface area contributed by atoms with E-state index in [9.17, 15) is 9.59 Å². The number of nitrogens with zero attached hydrogens (tertiary/aromatic N) is 1. The maximum Gasteiger partial charge on any atom is 0.260 e. The van der Waals surface area contributed by atoms with Crippen LogP contribution in [-0.2, 0) is 9.53 Å². The van der Waals surface area contributed by atoms with E-state index in [1.54, 1.807) is 24.3 Å². The highest BCUT2D eigenvalue weighted by molar-refractivity contribution is 5.94. The van der Waals surface area contributed by atoms with Gasteiger partial charge < -0.3 is 14.4 Å². The molecule has 0 unspecified atom stereocenters. The van der Waals surface area contributed by atoms with Crippen molar-refractivity contribution in [3.63, 3.8) is 0 Å². The molecule has 1 heterocycles. The minimum absolute atomic E-state index is 0.00443. The molecule has 1 spiro atoms. The predicted molar refractivity (Wildman–Crippen MR) is 85.7 cm³/mol. The van der Waals surface area contributed by atoms with E-state index in [4.69, 9.17) is 9.47 Å². The molecule has 1 aliphatic heterocycles. The first-order valence-corrected chi connectivity index (χ1v) is 8.24. The fourth-order valence-corrected chi connectivity index (χ4v) is 3.40. The fraction of sp³-hybridized carbons (Fsp3) is 0.556. The predicted octanol–water partition coefficient (Wildman–Crippen LogP) is 2.44. The zero-order valence-corrected chi connectivity index (χ0v) is 13.5. The van der Waals surface area contributed by atoms with Crippen molar-refractivity contribution in [2.75, 3.05) is 26.3 Å². The Balaban J connectivity index is 1.53. The summed E-state index contributed by atoms with van der Waals surface area (Å²) in [7, 11) is 0. The molecule has 5 nitrogen and oxygen atoms in total. The highest BCUT2D eigenvalue weighted by atomic mass is 16.5. The third kappa shape index (κ3) is 3.72. The molecule has 0 aromatic heterocycles. The summed E-state index contributed by atoms with van der Waals surface area (Å²) >= 11 is 0. The van der Waals surface area contributed by atoms with Crippen LogP contribution in [0.15, 0.2) is 24.3 Å². The molecule has 0 bridgehead atoms. The molecule has 1 aromatic carbocycles. The molecule has 2 aliphatic rings.